The fourth-order valence-electron chi connectivity index (χ4n) is 2.01. The van der Waals surface area contributed by atoms with Gasteiger partial charge < -0.3 is 20.7 Å². The number of aromatic carboxylic acids is 1. The fraction of sp³-hybridized carbons (Fsp3) is 0.200. The van der Waals surface area contributed by atoms with E-state index in [4.69, 9.17) is 15.6 Å². The first-order valence-electron chi connectivity index (χ1n) is 6.44. The number of thiophene rings is 1. The van der Waals surface area contributed by atoms with E-state index in [9.17, 15) is 14.7 Å². The predicted molar refractivity (Wildman–Crippen MR) is 82.5 cm³/mol. The number of hydrogen-bond donors (Lipinski definition) is 3. The maximum atomic E-state index is 11.3. The average molecular weight is 321 g/mol. The number of aliphatic carboxylic acids is 1. The largest absolute Gasteiger partial charge is 0.480 e. The quantitative estimate of drug-likeness (QED) is 0.753. The van der Waals surface area contributed by atoms with Crippen LogP contribution in [0.4, 0.5) is 0 Å². The molecule has 0 amide bonds. The van der Waals surface area contributed by atoms with E-state index in [0.29, 0.717) is 12.1 Å². The molecule has 2 aromatic rings. The molecule has 0 bridgehead atoms. The summed E-state index contributed by atoms with van der Waals surface area (Å²) in [6, 6.07) is 7.45. The Labute approximate surface area is 130 Å². The SMILES string of the molecule is Cc1c(-c2ccc(CN)cc2)sc(C(=O)O)c1OCC(=O)O. The van der Waals surface area contributed by atoms with Gasteiger partial charge in [0.1, 0.15) is 5.75 Å². The minimum Gasteiger partial charge on any atom is -0.480 e. The molecular formula is C15H15NO5S. The number of carbonyl (C=O) groups is 2. The van der Waals surface area contributed by atoms with E-state index in [1.54, 1.807) is 6.92 Å². The Hall–Kier alpha value is -2.38. The van der Waals surface area contributed by atoms with Crippen molar-refractivity contribution in [3.8, 4) is 16.2 Å². The van der Waals surface area contributed by atoms with Crippen LogP contribution < -0.4 is 10.5 Å². The Morgan fingerprint density at radius 3 is 2.36 bits per heavy atom. The van der Waals surface area contributed by atoms with Gasteiger partial charge in [0.2, 0.25) is 0 Å². The van der Waals surface area contributed by atoms with Crippen LogP contribution in [0.5, 0.6) is 5.75 Å². The van der Waals surface area contributed by atoms with Crippen molar-refractivity contribution in [3.63, 3.8) is 0 Å². The van der Waals surface area contributed by atoms with E-state index < -0.39 is 18.5 Å². The van der Waals surface area contributed by atoms with Gasteiger partial charge in [-0.2, -0.15) is 0 Å². The second-order valence-electron chi connectivity index (χ2n) is 4.60. The molecule has 116 valence electrons. The summed E-state index contributed by atoms with van der Waals surface area (Å²) in [5.41, 5.74) is 7.98. The van der Waals surface area contributed by atoms with Crippen LogP contribution in [0.15, 0.2) is 24.3 Å². The van der Waals surface area contributed by atoms with Gasteiger partial charge in [-0.05, 0) is 18.1 Å². The zero-order valence-electron chi connectivity index (χ0n) is 11.8. The van der Waals surface area contributed by atoms with E-state index in [1.165, 1.54) is 0 Å². The molecular weight excluding hydrogens is 306 g/mol. The summed E-state index contributed by atoms with van der Waals surface area (Å²) in [5.74, 6) is -2.19. The second kappa shape index (κ2) is 6.59. The minimum atomic E-state index is -1.16. The Kier molecular flexibility index (Phi) is 4.79. The number of carboxylic acid groups (broad SMARTS) is 2. The summed E-state index contributed by atoms with van der Waals surface area (Å²) in [5, 5.41) is 18.0. The average Bonchev–Trinajstić information content (AvgIpc) is 2.82. The highest BCUT2D eigenvalue weighted by molar-refractivity contribution is 7.18. The molecule has 4 N–H and O–H groups in total. The molecule has 0 radical (unpaired) electrons. The van der Waals surface area contributed by atoms with Gasteiger partial charge in [-0.3, -0.25) is 0 Å². The lowest BCUT2D eigenvalue weighted by Crippen LogP contribution is -2.11. The summed E-state index contributed by atoms with van der Waals surface area (Å²) in [4.78, 5) is 22.7. The lowest BCUT2D eigenvalue weighted by Gasteiger charge is -2.05. The molecule has 6 nitrogen and oxygen atoms in total. The third kappa shape index (κ3) is 3.26. The molecule has 1 aromatic carbocycles. The van der Waals surface area contributed by atoms with Gasteiger partial charge in [0.15, 0.2) is 11.5 Å². The van der Waals surface area contributed by atoms with Crippen molar-refractivity contribution < 1.29 is 24.5 Å². The molecule has 0 saturated carbocycles. The van der Waals surface area contributed by atoms with Crippen LogP contribution in [0.1, 0.15) is 20.8 Å². The van der Waals surface area contributed by atoms with Crippen LogP contribution in [-0.2, 0) is 11.3 Å². The molecule has 0 spiro atoms. The standard InChI is InChI=1S/C15H15NO5S/c1-8-12(21-7-11(17)18)14(15(19)20)22-13(8)10-4-2-9(6-16)3-5-10/h2-5H,6-7,16H2,1H3,(H,17,18)(H,19,20). The third-order valence-corrected chi connectivity index (χ3v) is 4.39. The number of rotatable bonds is 6. The molecule has 22 heavy (non-hydrogen) atoms. The van der Waals surface area contributed by atoms with Crippen LogP contribution in [0, 0.1) is 6.92 Å². The highest BCUT2D eigenvalue weighted by Gasteiger charge is 2.23. The first-order chi connectivity index (χ1) is 10.4. The number of carboxylic acids is 2. The van der Waals surface area contributed by atoms with Crippen LogP contribution in [0.3, 0.4) is 0 Å². The van der Waals surface area contributed by atoms with E-state index in [0.717, 1.165) is 27.3 Å². The maximum Gasteiger partial charge on any atom is 0.349 e. The molecule has 0 unspecified atom stereocenters. The molecule has 0 aliphatic carbocycles. The topological polar surface area (TPSA) is 110 Å². The molecule has 0 atom stereocenters. The molecule has 7 heteroatoms. The van der Waals surface area contributed by atoms with Crippen molar-refractivity contribution in [2.75, 3.05) is 6.61 Å². The van der Waals surface area contributed by atoms with Gasteiger partial charge in [-0.25, -0.2) is 9.59 Å². The summed E-state index contributed by atoms with van der Waals surface area (Å²) in [6.45, 7) is 1.56. The van der Waals surface area contributed by atoms with Gasteiger partial charge in [0.25, 0.3) is 0 Å². The van der Waals surface area contributed by atoms with E-state index in [2.05, 4.69) is 0 Å². The summed E-state index contributed by atoms with van der Waals surface area (Å²) >= 11 is 1.06. The highest BCUT2D eigenvalue weighted by Crippen LogP contribution is 2.41. The smallest absolute Gasteiger partial charge is 0.349 e. The third-order valence-electron chi connectivity index (χ3n) is 3.08. The number of ether oxygens (including phenoxy) is 1. The normalized spacial score (nSPS) is 10.5. The molecule has 0 aliphatic rings. The number of hydrogen-bond acceptors (Lipinski definition) is 5. The van der Waals surface area contributed by atoms with Gasteiger partial charge in [-0.15, -0.1) is 11.3 Å². The zero-order chi connectivity index (χ0) is 16.3. The second-order valence-corrected chi connectivity index (χ2v) is 5.62. The van der Waals surface area contributed by atoms with Gasteiger partial charge >= 0.3 is 11.9 Å². The van der Waals surface area contributed by atoms with Crippen LogP contribution in [0.2, 0.25) is 0 Å². The molecule has 0 aliphatic heterocycles. The number of benzene rings is 1. The molecule has 0 fully saturated rings. The van der Waals surface area contributed by atoms with Gasteiger partial charge in [0.05, 0.1) is 0 Å². The monoisotopic (exact) mass is 321 g/mol. The Morgan fingerprint density at radius 1 is 1.23 bits per heavy atom. The van der Waals surface area contributed by atoms with Crippen LogP contribution >= 0.6 is 11.3 Å². The molecule has 0 saturated heterocycles. The number of nitrogens with two attached hydrogens (primary N) is 1. The van der Waals surface area contributed by atoms with Crippen LogP contribution in [-0.4, -0.2) is 28.8 Å². The van der Waals surface area contributed by atoms with Crippen molar-refractivity contribution in [2.24, 2.45) is 5.73 Å². The van der Waals surface area contributed by atoms with Gasteiger partial charge in [-0.1, -0.05) is 24.3 Å². The Morgan fingerprint density at radius 2 is 1.86 bits per heavy atom. The highest BCUT2D eigenvalue weighted by atomic mass is 32.1. The summed E-state index contributed by atoms with van der Waals surface area (Å²) in [7, 11) is 0. The van der Waals surface area contributed by atoms with E-state index >= 15 is 0 Å². The van der Waals surface area contributed by atoms with Crippen molar-refractivity contribution >= 4 is 23.3 Å². The lowest BCUT2D eigenvalue weighted by molar-refractivity contribution is -0.139. The first kappa shape index (κ1) is 16.0. The lowest BCUT2D eigenvalue weighted by atomic mass is 10.1. The van der Waals surface area contributed by atoms with Crippen LogP contribution in [0.25, 0.3) is 10.4 Å². The fourth-order valence-corrected chi connectivity index (χ4v) is 3.11. The van der Waals surface area contributed by atoms with Crippen molar-refractivity contribution in [1.29, 1.82) is 0 Å². The van der Waals surface area contributed by atoms with E-state index in [1.807, 2.05) is 24.3 Å². The summed E-state index contributed by atoms with van der Waals surface area (Å²) < 4.78 is 5.15. The molecule has 1 heterocycles. The van der Waals surface area contributed by atoms with Crippen molar-refractivity contribution in [2.45, 2.75) is 13.5 Å². The Bertz CT molecular complexity index is 705. The van der Waals surface area contributed by atoms with Gasteiger partial charge in [0, 0.05) is 17.0 Å². The van der Waals surface area contributed by atoms with Crippen molar-refractivity contribution in [3.05, 3.63) is 40.3 Å². The zero-order valence-corrected chi connectivity index (χ0v) is 12.6. The summed E-state index contributed by atoms with van der Waals surface area (Å²) in [6.07, 6.45) is 0. The minimum absolute atomic E-state index is 0.00310. The first-order valence-corrected chi connectivity index (χ1v) is 7.26. The van der Waals surface area contributed by atoms with E-state index in [-0.39, 0.29) is 10.6 Å². The Balaban J connectivity index is 2.45. The molecule has 2 rings (SSSR count). The predicted octanol–water partition coefficient (Wildman–Crippen LogP) is 2.34. The van der Waals surface area contributed by atoms with Crippen molar-refractivity contribution in [1.82, 2.24) is 0 Å². The maximum absolute atomic E-state index is 11.3. The molecule has 1 aromatic heterocycles.